The van der Waals surface area contributed by atoms with Crippen LogP contribution in [-0.4, -0.2) is 38.0 Å². The highest BCUT2D eigenvalue weighted by atomic mass is 35.5. The first-order chi connectivity index (χ1) is 13.2. The van der Waals surface area contributed by atoms with Crippen LogP contribution in [0.2, 0.25) is 5.02 Å². The fraction of sp³-hybridized carbons (Fsp3) is 0.222. The van der Waals surface area contributed by atoms with E-state index in [1.165, 1.54) is 42.5 Å². The molecule has 2 aromatic carbocycles. The molecule has 0 spiro atoms. The summed E-state index contributed by atoms with van der Waals surface area (Å²) in [4.78, 5) is 22.4. The maximum atomic E-state index is 12.5. The fourth-order valence-corrected chi connectivity index (χ4v) is 3.69. The lowest BCUT2D eigenvalue weighted by Gasteiger charge is -2.11. The van der Waals surface area contributed by atoms with Gasteiger partial charge in [-0.3, -0.25) is 9.52 Å². The summed E-state index contributed by atoms with van der Waals surface area (Å²) >= 11 is 5.97. The Labute approximate surface area is 166 Å². The highest BCUT2D eigenvalue weighted by Gasteiger charge is 2.24. The number of halogens is 1. The number of amides is 1. The first-order valence-electron chi connectivity index (χ1n) is 8.32. The van der Waals surface area contributed by atoms with Crippen molar-refractivity contribution in [1.29, 1.82) is 0 Å². The third kappa shape index (κ3) is 5.14. The van der Waals surface area contributed by atoms with Crippen LogP contribution in [0, 0.1) is 0 Å². The van der Waals surface area contributed by atoms with Crippen LogP contribution in [0.4, 0.5) is 5.69 Å². The minimum atomic E-state index is -3.93. The van der Waals surface area contributed by atoms with E-state index >= 15 is 0 Å². The molecule has 0 heterocycles. The smallest absolute Gasteiger partial charge is 0.341 e. The summed E-state index contributed by atoms with van der Waals surface area (Å²) in [7, 11) is -3.93. The van der Waals surface area contributed by atoms with E-state index in [1.807, 2.05) is 0 Å². The van der Waals surface area contributed by atoms with Gasteiger partial charge in [-0.15, -0.1) is 0 Å². The van der Waals surface area contributed by atoms with E-state index in [4.69, 9.17) is 21.4 Å². The second kappa shape index (κ2) is 8.07. The molecule has 8 nitrogen and oxygen atoms in total. The normalized spacial score (nSPS) is 13.6. The van der Waals surface area contributed by atoms with E-state index in [2.05, 4.69) is 10.0 Å². The Morgan fingerprint density at radius 1 is 1.14 bits per heavy atom. The zero-order valence-electron chi connectivity index (χ0n) is 14.5. The van der Waals surface area contributed by atoms with E-state index < -0.39 is 22.6 Å². The van der Waals surface area contributed by atoms with Crippen LogP contribution in [0.15, 0.2) is 47.4 Å². The van der Waals surface area contributed by atoms with Crippen molar-refractivity contribution >= 4 is 39.2 Å². The molecule has 0 bridgehead atoms. The average molecular weight is 425 g/mol. The largest absolute Gasteiger partial charge is 0.480 e. The van der Waals surface area contributed by atoms with Gasteiger partial charge in [0.1, 0.15) is 5.75 Å². The van der Waals surface area contributed by atoms with Crippen molar-refractivity contribution in [2.24, 2.45) is 0 Å². The van der Waals surface area contributed by atoms with Crippen molar-refractivity contribution in [3.8, 4) is 5.75 Å². The molecule has 3 rings (SSSR count). The average Bonchev–Trinajstić information content (AvgIpc) is 3.44. The third-order valence-electron chi connectivity index (χ3n) is 3.88. The van der Waals surface area contributed by atoms with Gasteiger partial charge in [0, 0.05) is 17.3 Å². The molecule has 1 amide bonds. The van der Waals surface area contributed by atoms with Gasteiger partial charge >= 0.3 is 5.97 Å². The van der Waals surface area contributed by atoms with Gasteiger partial charge in [-0.05, 0) is 55.3 Å². The van der Waals surface area contributed by atoms with Crippen LogP contribution < -0.4 is 14.8 Å². The van der Waals surface area contributed by atoms with Crippen molar-refractivity contribution in [2.75, 3.05) is 11.3 Å². The first kappa shape index (κ1) is 20.0. The molecule has 10 heteroatoms. The van der Waals surface area contributed by atoms with E-state index in [9.17, 15) is 18.0 Å². The number of hydrogen-bond donors (Lipinski definition) is 3. The molecule has 28 heavy (non-hydrogen) atoms. The number of carbonyl (C=O) groups excluding carboxylic acids is 1. The predicted octanol–water partition coefficient (Wildman–Crippen LogP) is 2.50. The van der Waals surface area contributed by atoms with Crippen molar-refractivity contribution in [3.05, 3.63) is 53.1 Å². The Balaban J connectivity index is 1.69. The van der Waals surface area contributed by atoms with Gasteiger partial charge in [0.25, 0.3) is 15.9 Å². The third-order valence-corrected chi connectivity index (χ3v) is 5.55. The molecule has 0 atom stereocenters. The van der Waals surface area contributed by atoms with Crippen molar-refractivity contribution < 1.29 is 27.9 Å². The molecule has 2 aromatic rings. The number of benzene rings is 2. The summed E-state index contributed by atoms with van der Waals surface area (Å²) in [5.74, 6) is -1.31. The van der Waals surface area contributed by atoms with Gasteiger partial charge in [0.15, 0.2) is 6.61 Å². The number of anilines is 1. The molecular weight excluding hydrogens is 408 g/mol. The number of carboxylic acid groups (broad SMARTS) is 1. The van der Waals surface area contributed by atoms with Crippen LogP contribution >= 0.6 is 11.6 Å². The molecule has 0 saturated heterocycles. The topological polar surface area (TPSA) is 122 Å². The molecule has 0 aromatic heterocycles. The van der Waals surface area contributed by atoms with E-state index in [0.29, 0.717) is 5.56 Å². The molecule has 148 valence electrons. The van der Waals surface area contributed by atoms with Gasteiger partial charge < -0.3 is 15.2 Å². The van der Waals surface area contributed by atoms with Gasteiger partial charge in [0.2, 0.25) is 0 Å². The van der Waals surface area contributed by atoms with Crippen molar-refractivity contribution in [1.82, 2.24) is 5.32 Å². The quantitative estimate of drug-likeness (QED) is 0.598. The summed E-state index contributed by atoms with van der Waals surface area (Å²) in [5.41, 5.74) is 0.725. The molecule has 0 radical (unpaired) electrons. The number of carboxylic acids is 1. The van der Waals surface area contributed by atoms with Crippen molar-refractivity contribution in [3.63, 3.8) is 0 Å². The number of nitrogens with one attached hydrogen (secondary N) is 2. The van der Waals surface area contributed by atoms with Gasteiger partial charge in [0.05, 0.1) is 9.92 Å². The second-order valence-corrected chi connectivity index (χ2v) is 8.29. The highest BCUT2D eigenvalue weighted by Crippen LogP contribution is 2.28. The second-order valence-electron chi connectivity index (χ2n) is 6.21. The Hall–Kier alpha value is -2.78. The Bertz CT molecular complexity index is 1000. The molecule has 3 N–H and O–H groups in total. The van der Waals surface area contributed by atoms with E-state index in [-0.39, 0.29) is 33.3 Å². The summed E-state index contributed by atoms with van der Waals surface area (Å²) < 4.78 is 32.4. The van der Waals surface area contributed by atoms with E-state index in [0.717, 1.165) is 12.8 Å². The van der Waals surface area contributed by atoms with Crippen LogP contribution in [0.3, 0.4) is 0 Å². The highest BCUT2D eigenvalue weighted by molar-refractivity contribution is 7.92. The minimum absolute atomic E-state index is 0.0313. The van der Waals surface area contributed by atoms with Gasteiger partial charge in [-0.1, -0.05) is 11.6 Å². The molecule has 1 fully saturated rings. The Morgan fingerprint density at radius 3 is 2.39 bits per heavy atom. The summed E-state index contributed by atoms with van der Waals surface area (Å²) in [6.07, 6.45) is 1.96. The zero-order valence-corrected chi connectivity index (χ0v) is 16.1. The number of rotatable bonds is 8. The van der Waals surface area contributed by atoms with E-state index in [1.54, 1.807) is 0 Å². The van der Waals surface area contributed by atoms with Gasteiger partial charge in [-0.25, -0.2) is 13.2 Å². The zero-order chi connectivity index (χ0) is 20.3. The number of carbonyl (C=O) groups is 2. The first-order valence-corrected chi connectivity index (χ1v) is 10.2. The molecule has 1 aliphatic rings. The van der Waals surface area contributed by atoms with Crippen LogP contribution in [0.25, 0.3) is 0 Å². The Morgan fingerprint density at radius 2 is 1.82 bits per heavy atom. The molecule has 0 unspecified atom stereocenters. The molecule has 1 saturated carbocycles. The van der Waals surface area contributed by atoms with Crippen LogP contribution in [0.5, 0.6) is 5.75 Å². The monoisotopic (exact) mass is 424 g/mol. The lowest BCUT2D eigenvalue weighted by Crippen LogP contribution is -2.25. The number of ether oxygens (including phenoxy) is 1. The lowest BCUT2D eigenvalue weighted by atomic mass is 10.2. The van der Waals surface area contributed by atoms with Gasteiger partial charge in [-0.2, -0.15) is 0 Å². The molecular formula is C18H17ClN2O6S. The Kier molecular flexibility index (Phi) is 5.76. The predicted molar refractivity (Wildman–Crippen MR) is 102 cm³/mol. The van der Waals surface area contributed by atoms with Crippen LogP contribution in [-0.2, 0) is 14.8 Å². The SMILES string of the molecule is O=C(O)COc1ccc(S(=O)(=O)Nc2ccc(C(=O)NC3CC3)cc2)cc1Cl. The summed E-state index contributed by atoms with van der Waals surface area (Å²) in [5, 5.41) is 11.4. The minimum Gasteiger partial charge on any atom is -0.480 e. The van der Waals surface area contributed by atoms with Crippen LogP contribution in [0.1, 0.15) is 23.2 Å². The number of hydrogen-bond acceptors (Lipinski definition) is 5. The maximum Gasteiger partial charge on any atom is 0.341 e. The van der Waals surface area contributed by atoms with Crippen molar-refractivity contribution in [2.45, 2.75) is 23.8 Å². The number of sulfonamides is 1. The standard InChI is InChI=1S/C18H17ClN2O6S/c19-15-9-14(7-8-16(15)27-10-17(22)23)28(25,26)21-13-3-1-11(2-4-13)18(24)20-12-5-6-12/h1-4,7-9,12,21H,5-6,10H2,(H,20,24)(H,22,23). The summed E-state index contributed by atoms with van der Waals surface area (Å²) in [6.45, 7) is -0.593. The fourth-order valence-electron chi connectivity index (χ4n) is 2.31. The lowest BCUT2D eigenvalue weighted by molar-refractivity contribution is -0.139. The molecule has 0 aliphatic heterocycles. The summed E-state index contributed by atoms with van der Waals surface area (Å²) in [6, 6.07) is 9.98. The maximum absolute atomic E-state index is 12.5. The number of aliphatic carboxylic acids is 1. The molecule has 1 aliphatic carbocycles.